The molecule has 2 amide bonds. The zero-order chi connectivity index (χ0) is 31.3. The molecule has 0 unspecified atom stereocenters. The van der Waals surface area contributed by atoms with Gasteiger partial charge in [-0.15, -0.1) is 11.3 Å². The summed E-state index contributed by atoms with van der Waals surface area (Å²) in [7, 11) is 1.77. The second-order valence-corrected chi connectivity index (χ2v) is 12.7. The maximum atomic E-state index is 13.5. The molecule has 1 aliphatic rings. The van der Waals surface area contributed by atoms with Crippen molar-refractivity contribution in [1.82, 2.24) is 20.1 Å². The Balaban J connectivity index is 1.41. The van der Waals surface area contributed by atoms with Gasteiger partial charge in [0.15, 0.2) is 0 Å². The van der Waals surface area contributed by atoms with Gasteiger partial charge >= 0.3 is 6.09 Å². The number of para-hydroxylation sites is 1. The summed E-state index contributed by atoms with van der Waals surface area (Å²) >= 11 is 1.38. The Morgan fingerprint density at radius 2 is 1.91 bits per heavy atom. The number of hydrogen-bond acceptors (Lipinski definition) is 9. The van der Waals surface area contributed by atoms with Crippen LogP contribution in [0.25, 0.3) is 10.6 Å². The lowest BCUT2D eigenvalue weighted by molar-refractivity contribution is 0.0294. The summed E-state index contributed by atoms with van der Waals surface area (Å²) in [5, 5.41) is 13.3. The summed E-state index contributed by atoms with van der Waals surface area (Å²) in [5.74, 6) is 1.14. The number of amides is 2. The summed E-state index contributed by atoms with van der Waals surface area (Å²) in [5.41, 5.74) is 3.08. The van der Waals surface area contributed by atoms with E-state index in [0.29, 0.717) is 28.7 Å². The van der Waals surface area contributed by atoms with Gasteiger partial charge in [0, 0.05) is 42.7 Å². The largest absolute Gasteiger partial charge is 0.457 e. The fourth-order valence-corrected chi connectivity index (χ4v) is 5.99. The Morgan fingerprint density at radius 1 is 1.11 bits per heavy atom. The maximum absolute atomic E-state index is 13.5. The molecule has 0 aliphatic carbocycles. The monoisotopic (exact) mass is 614 g/mol. The Bertz CT molecular complexity index is 1590. The molecule has 2 aromatic carbocycles. The Kier molecular flexibility index (Phi) is 9.43. The molecule has 1 aliphatic heterocycles. The Labute approximate surface area is 262 Å². The predicted molar refractivity (Wildman–Crippen MR) is 173 cm³/mol. The lowest BCUT2D eigenvalue weighted by atomic mass is 10.1. The highest BCUT2D eigenvalue weighted by molar-refractivity contribution is 7.13. The number of aromatic nitrogens is 3. The molecule has 10 nitrogen and oxygen atoms in total. The molecule has 0 spiro atoms. The van der Waals surface area contributed by atoms with Crippen LogP contribution >= 0.6 is 11.3 Å². The average molecular weight is 615 g/mol. The molecule has 4 aromatic rings. The number of nitrogens with zero attached hydrogens (tertiary/aromatic N) is 5. The lowest BCUT2D eigenvalue weighted by Gasteiger charge is -2.32. The normalized spacial score (nSPS) is 14.8. The predicted octanol–water partition coefficient (Wildman–Crippen LogP) is 7.18. The van der Waals surface area contributed by atoms with Crippen molar-refractivity contribution in [1.29, 1.82) is 0 Å². The van der Waals surface area contributed by atoms with E-state index < -0.39 is 5.60 Å². The molecule has 1 fully saturated rings. The minimum Gasteiger partial charge on any atom is -0.457 e. The van der Waals surface area contributed by atoms with Crippen LogP contribution in [0, 0.1) is 6.92 Å². The topological polar surface area (TPSA) is 110 Å². The molecule has 0 saturated carbocycles. The SMILES string of the molecule is Cc1c(Oc2ccccc2)ccc(NC(=O)c2csc(-c3ccnnc3)n2)c1N1CCC[C@@H]1CCN(C)C(=O)OC(C)(C)C. The number of rotatable bonds is 9. The van der Waals surface area contributed by atoms with E-state index in [1.54, 1.807) is 29.7 Å². The van der Waals surface area contributed by atoms with Crippen molar-refractivity contribution in [3.8, 4) is 22.1 Å². The molecule has 2 aromatic heterocycles. The minimum atomic E-state index is -0.554. The number of anilines is 2. The Morgan fingerprint density at radius 3 is 2.64 bits per heavy atom. The van der Waals surface area contributed by atoms with Gasteiger partial charge < -0.3 is 24.6 Å². The number of carbonyl (C=O) groups excluding carboxylic acids is 2. The van der Waals surface area contributed by atoms with Crippen molar-refractivity contribution in [2.24, 2.45) is 0 Å². The third-order valence-corrected chi connectivity index (χ3v) is 8.23. The van der Waals surface area contributed by atoms with Crippen LogP contribution in [0.3, 0.4) is 0 Å². The van der Waals surface area contributed by atoms with Crippen LogP contribution in [0.4, 0.5) is 16.2 Å². The number of benzene rings is 2. The Hall–Kier alpha value is -4.51. The number of hydrogen-bond donors (Lipinski definition) is 1. The summed E-state index contributed by atoms with van der Waals surface area (Å²) in [6, 6.07) is 15.4. The molecule has 3 heterocycles. The first-order chi connectivity index (χ1) is 21.1. The van der Waals surface area contributed by atoms with Crippen molar-refractivity contribution in [3.63, 3.8) is 0 Å². The van der Waals surface area contributed by atoms with Crippen molar-refractivity contribution in [2.45, 2.75) is 58.6 Å². The third-order valence-electron chi connectivity index (χ3n) is 7.34. The van der Waals surface area contributed by atoms with E-state index in [1.165, 1.54) is 11.3 Å². The van der Waals surface area contributed by atoms with E-state index in [0.717, 1.165) is 48.4 Å². The number of nitrogens with one attached hydrogen (secondary N) is 1. The second kappa shape index (κ2) is 13.4. The van der Waals surface area contributed by atoms with Crippen LogP contribution in [-0.2, 0) is 4.74 Å². The van der Waals surface area contributed by atoms with Crippen LogP contribution in [0.15, 0.2) is 66.3 Å². The third kappa shape index (κ3) is 7.52. The van der Waals surface area contributed by atoms with Gasteiger partial charge in [-0.1, -0.05) is 18.2 Å². The van der Waals surface area contributed by atoms with Gasteiger partial charge in [-0.2, -0.15) is 10.2 Å². The van der Waals surface area contributed by atoms with Crippen molar-refractivity contribution >= 4 is 34.7 Å². The smallest absolute Gasteiger partial charge is 0.410 e. The van der Waals surface area contributed by atoms with E-state index in [1.807, 2.05) is 76.2 Å². The van der Waals surface area contributed by atoms with E-state index in [4.69, 9.17) is 9.47 Å². The molecule has 1 saturated heterocycles. The first kappa shape index (κ1) is 30.9. The quantitative estimate of drug-likeness (QED) is 0.211. The molecule has 0 radical (unpaired) electrons. The van der Waals surface area contributed by atoms with Crippen molar-refractivity contribution in [2.75, 3.05) is 30.4 Å². The van der Waals surface area contributed by atoms with Crippen molar-refractivity contribution < 1.29 is 19.1 Å². The van der Waals surface area contributed by atoms with Gasteiger partial charge in [0.1, 0.15) is 27.8 Å². The molecule has 0 bridgehead atoms. The number of carbonyl (C=O) groups is 2. The van der Waals surface area contributed by atoms with Gasteiger partial charge in [-0.05, 0) is 77.3 Å². The molecule has 1 atom stereocenters. The summed E-state index contributed by atoms with van der Waals surface area (Å²) in [6.07, 6.45) is 5.60. The van der Waals surface area contributed by atoms with Gasteiger partial charge in [0.2, 0.25) is 0 Å². The summed E-state index contributed by atoms with van der Waals surface area (Å²) < 4.78 is 11.8. The molecular formula is C33H38N6O4S. The highest BCUT2D eigenvalue weighted by Gasteiger charge is 2.30. The number of ether oxygens (including phenoxy) is 2. The molecule has 11 heteroatoms. The molecule has 5 rings (SSSR count). The van der Waals surface area contributed by atoms with Crippen LogP contribution < -0.4 is 15.0 Å². The number of thiazole rings is 1. The summed E-state index contributed by atoms with van der Waals surface area (Å²) in [4.78, 5) is 34.6. The fraction of sp³-hybridized carbons (Fsp3) is 0.364. The van der Waals surface area contributed by atoms with Gasteiger partial charge in [-0.25, -0.2) is 9.78 Å². The average Bonchev–Trinajstić information content (AvgIpc) is 3.68. The van der Waals surface area contributed by atoms with Crippen molar-refractivity contribution in [3.05, 3.63) is 77.6 Å². The van der Waals surface area contributed by atoms with E-state index >= 15 is 0 Å². The van der Waals surface area contributed by atoms with E-state index in [2.05, 4.69) is 25.4 Å². The van der Waals surface area contributed by atoms with Crippen LogP contribution in [0.1, 0.15) is 56.1 Å². The van der Waals surface area contributed by atoms with Crippen LogP contribution in [0.2, 0.25) is 0 Å². The van der Waals surface area contributed by atoms with E-state index in [-0.39, 0.29) is 18.0 Å². The highest BCUT2D eigenvalue weighted by Crippen LogP contribution is 2.42. The minimum absolute atomic E-state index is 0.159. The van der Waals surface area contributed by atoms with Gasteiger partial charge in [0.25, 0.3) is 5.91 Å². The summed E-state index contributed by atoms with van der Waals surface area (Å²) in [6.45, 7) is 8.97. The lowest BCUT2D eigenvalue weighted by Crippen LogP contribution is -2.38. The molecule has 44 heavy (non-hydrogen) atoms. The zero-order valence-electron chi connectivity index (χ0n) is 25.7. The maximum Gasteiger partial charge on any atom is 0.410 e. The second-order valence-electron chi connectivity index (χ2n) is 11.8. The fourth-order valence-electron chi connectivity index (χ4n) is 5.20. The standard InChI is InChI=1S/C33H38N6O4S/c1-22-28(42-25-11-7-6-8-12-25)14-13-26(36-30(40)27-21-44-31(37-27)23-15-17-34-35-20-23)29(22)39-18-9-10-24(39)16-19-38(5)32(41)43-33(2,3)4/h6-8,11-15,17,20-21,24H,9-10,16,18-19H2,1-5H3,(H,36,40)/t24-/m1/s1. The zero-order valence-corrected chi connectivity index (χ0v) is 26.6. The van der Waals surface area contributed by atoms with E-state index in [9.17, 15) is 9.59 Å². The van der Waals surface area contributed by atoms with Crippen LogP contribution in [-0.4, -0.2) is 63.9 Å². The highest BCUT2D eigenvalue weighted by atomic mass is 32.1. The molecule has 1 N–H and O–H groups in total. The van der Waals surface area contributed by atoms with Crippen LogP contribution in [0.5, 0.6) is 11.5 Å². The van der Waals surface area contributed by atoms with Gasteiger partial charge in [0.05, 0.1) is 23.8 Å². The van der Waals surface area contributed by atoms with Gasteiger partial charge in [-0.3, -0.25) is 4.79 Å². The first-order valence-electron chi connectivity index (χ1n) is 14.7. The molecule has 230 valence electrons. The molecular weight excluding hydrogens is 576 g/mol. The first-order valence-corrected chi connectivity index (χ1v) is 15.6.